The van der Waals surface area contributed by atoms with Crippen LogP contribution in [0.3, 0.4) is 0 Å². The quantitative estimate of drug-likeness (QED) is 0.362. The lowest BCUT2D eigenvalue weighted by atomic mass is 9.90. The first-order valence-electron chi connectivity index (χ1n) is 12.1. The van der Waals surface area contributed by atoms with Gasteiger partial charge < -0.3 is 24.8 Å². The van der Waals surface area contributed by atoms with E-state index in [-0.39, 0.29) is 17.8 Å². The second kappa shape index (κ2) is 13.5. The van der Waals surface area contributed by atoms with E-state index >= 15 is 0 Å². The Morgan fingerprint density at radius 1 is 1.31 bits per heavy atom. The van der Waals surface area contributed by atoms with Crippen molar-refractivity contribution in [2.24, 2.45) is 5.92 Å². The van der Waals surface area contributed by atoms with Crippen LogP contribution in [0.25, 0.3) is 0 Å². The zero-order valence-corrected chi connectivity index (χ0v) is 22.7. The summed E-state index contributed by atoms with van der Waals surface area (Å²) in [6.45, 7) is 4.44. The lowest BCUT2D eigenvalue weighted by Gasteiger charge is -2.46. The summed E-state index contributed by atoms with van der Waals surface area (Å²) in [5.74, 6) is -1.14. The highest BCUT2D eigenvalue weighted by molar-refractivity contribution is 9.09. The summed E-state index contributed by atoms with van der Waals surface area (Å²) in [6.07, 6.45) is 12.2. The second-order valence-corrected chi connectivity index (χ2v) is 11.0. The molecule has 0 aromatic heterocycles. The number of carbonyl (C=O) groups excluding carboxylic acids is 3. The molecule has 2 N–H and O–H groups in total. The highest BCUT2D eigenvalue weighted by Crippen LogP contribution is 2.39. The SMILES string of the molecule is C/C1=C/C(=O)O[C@@H]2C[C@@H](CC[C@H](C)C=C/C=C\CC1)O[C@@](OC(=O)NCCBr)([C@@H]1CSC(=O)N1)C2. The maximum atomic E-state index is 12.7. The Bertz CT molecular complexity index is 863. The van der Waals surface area contributed by atoms with Gasteiger partial charge in [0, 0.05) is 30.1 Å². The van der Waals surface area contributed by atoms with Crippen LogP contribution in [-0.4, -0.2) is 59.0 Å². The first-order valence-corrected chi connectivity index (χ1v) is 14.3. The van der Waals surface area contributed by atoms with Gasteiger partial charge in [0.25, 0.3) is 5.24 Å². The lowest BCUT2D eigenvalue weighted by molar-refractivity contribution is -0.281. The number of esters is 1. The molecule has 5 atom stereocenters. The van der Waals surface area contributed by atoms with Gasteiger partial charge in [-0.25, -0.2) is 9.59 Å². The largest absolute Gasteiger partial charge is 0.459 e. The highest BCUT2D eigenvalue weighted by Gasteiger charge is 2.54. The Morgan fingerprint density at radius 2 is 2.14 bits per heavy atom. The van der Waals surface area contributed by atoms with Gasteiger partial charge in [0.05, 0.1) is 12.5 Å². The van der Waals surface area contributed by atoms with Crippen LogP contribution in [0.4, 0.5) is 9.59 Å². The fourth-order valence-corrected chi connectivity index (χ4v) is 5.50. The van der Waals surface area contributed by atoms with E-state index in [1.165, 1.54) is 6.08 Å². The number of thioether (sulfide) groups is 1. The number of carbonyl (C=O) groups is 3. The molecule has 0 saturated carbocycles. The Balaban J connectivity index is 1.88. The van der Waals surface area contributed by atoms with Crippen LogP contribution >= 0.6 is 27.7 Å². The van der Waals surface area contributed by atoms with Crippen LogP contribution in [0.2, 0.25) is 0 Å². The zero-order chi connectivity index (χ0) is 25.3. The summed E-state index contributed by atoms with van der Waals surface area (Å²) in [6, 6.07) is -0.552. The van der Waals surface area contributed by atoms with Gasteiger partial charge in [-0.15, -0.1) is 0 Å². The first-order chi connectivity index (χ1) is 16.8. The third kappa shape index (κ3) is 8.68. The van der Waals surface area contributed by atoms with Crippen molar-refractivity contribution in [3.8, 4) is 0 Å². The molecule has 10 heteroatoms. The van der Waals surface area contributed by atoms with E-state index in [0.717, 1.165) is 36.6 Å². The van der Waals surface area contributed by atoms with Crippen molar-refractivity contribution < 1.29 is 28.6 Å². The smallest absolute Gasteiger partial charge is 0.409 e. The number of alkyl halides is 1. The second-order valence-electron chi connectivity index (χ2n) is 9.25. The maximum absolute atomic E-state index is 12.7. The number of halogens is 1. The van der Waals surface area contributed by atoms with E-state index in [2.05, 4.69) is 51.7 Å². The molecule has 0 aliphatic carbocycles. The highest BCUT2D eigenvalue weighted by atomic mass is 79.9. The molecule has 2 bridgehead atoms. The first kappa shape index (κ1) is 27.8. The number of allylic oxidation sites excluding steroid dienone is 5. The molecular formula is C25H35BrN2O6S. The molecule has 0 radical (unpaired) electrons. The molecule has 3 rings (SSSR count). The Hall–Kier alpha value is -1.78. The number of alkyl carbamates (subject to hydrolysis) is 1. The third-order valence-corrected chi connectivity index (χ3v) is 7.50. The number of rotatable bonds is 4. The molecule has 35 heavy (non-hydrogen) atoms. The van der Waals surface area contributed by atoms with Gasteiger partial charge in [-0.2, -0.15) is 0 Å². The van der Waals surface area contributed by atoms with Gasteiger partial charge >= 0.3 is 12.1 Å². The molecule has 8 nitrogen and oxygen atoms in total. The molecule has 2 saturated heterocycles. The topological polar surface area (TPSA) is 103 Å². The van der Waals surface area contributed by atoms with E-state index in [0.29, 0.717) is 36.4 Å². The molecule has 0 aromatic rings. The predicted octanol–water partition coefficient (Wildman–Crippen LogP) is 4.99. The standard InChI is InChI=1S/C25H35BrN2O6S/c1-17-7-5-3-4-6-8-18(2)13-22(29)32-20-14-19(10-9-17)33-25(15-20,21-16-35-24(31)28-21)34-23(30)27-12-11-26/h3-5,7,13,17,19-21H,6,8-12,14-16H2,1-2H3,(H,27,30)(H,28,31)/b4-3-,7-5?,18-13-/t17-,19-,20-,21+,25+/m1/s1. The summed E-state index contributed by atoms with van der Waals surface area (Å²) in [4.78, 5) is 37.4. The predicted molar refractivity (Wildman–Crippen MR) is 139 cm³/mol. The van der Waals surface area contributed by atoms with Crippen molar-refractivity contribution in [2.45, 2.75) is 76.4 Å². The fraction of sp³-hybridized carbons (Fsp3) is 0.640. The Kier molecular flexibility index (Phi) is 10.7. The normalized spacial score (nSPS) is 34.8. The fourth-order valence-electron chi connectivity index (χ4n) is 4.42. The zero-order valence-electron chi connectivity index (χ0n) is 20.3. The van der Waals surface area contributed by atoms with Crippen molar-refractivity contribution in [1.82, 2.24) is 10.6 Å². The van der Waals surface area contributed by atoms with Crippen LogP contribution in [0, 0.1) is 5.92 Å². The van der Waals surface area contributed by atoms with Gasteiger partial charge in [0.1, 0.15) is 12.1 Å². The van der Waals surface area contributed by atoms with E-state index in [4.69, 9.17) is 14.2 Å². The van der Waals surface area contributed by atoms with Crippen LogP contribution in [-0.2, 0) is 19.0 Å². The minimum absolute atomic E-state index is 0.146. The summed E-state index contributed by atoms with van der Waals surface area (Å²) < 4.78 is 18.2. The summed E-state index contributed by atoms with van der Waals surface area (Å²) in [7, 11) is 0. The summed E-state index contributed by atoms with van der Waals surface area (Å²) >= 11 is 4.41. The van der Waals surface area contributed by atoms with Crippen molar-refractivity contribution in [2.75, 3.05) is 17.6 Å². The average molecular weight is 572 g/mol. The van der Waals surface area contributed by atoms with Crippen LogP contribution in [0.1, 0.15) is 52.4 Å². The Labute approximate surface area is 219 Å². The van der Waals surface area contributed by atoms with Gasteiger partial charge in [-0.05, 0) is 38.5 Å². The molecule has 194 valence electrons. The average Bonchev–Trinajstić information content (AvgIpc) is 3.25. The lowest BCUT2D eigenvalue weighted by Crippen LogP contribution is -2.61. The number of amides is 2. The third-order valence-electron chi connectivity index (χ3n) is 6.22. The minimum Gasteiger partial charge on any atom is -0.459 e. The molecule has 0 spiro atoms. The molecule has 3 aliphatic rings. The summed E-state index contributed by atoms with van der Waals surface area (Å²) in [5, 5.41) is 5.93. The molecule has 3 heterocycles. The van der Waals surface area contributed by atoms with Crippen molar-refractivity contribution in [1.29, 1.82) is 0 Å². The maximum Gasteiger partial charge on any atom is 0.409 e. The molecule has 3 aliphatic heterocycles. The van der Waals surface area contributed by atoms with Gasteiger partial charge in [0.15, 0.2) is 0 Å². The summed E-state index contributed by atoms with van der Waals surface area (Å²) in [5.41, 5.74) is 0.934. The number of hydrogen-bond acceptors (Lipinski definition) is 7. The van der Waals surface area contributed by atoms with E-state index in [9.17, 15) is 14.4 Å². The minimum atomic E-state index is -1.44. The van der Waals surface area contributed by atoms with Crippen LogP contribution < -0.4 is 10.6 Å². The number of hydrogen-bond donors (Lipinski definition) is 2. The monoisotopic (exact) mass is 570 g/mol. The van der Waals surface area contributed by atoms with Crippen molar-refractivity contribution >= 4 is 45.0 Å². The van der Waals surface area contributed by atoms with Gasteiger partial charge in [-0.3, -0.25) is 4.79 Å². The van der Waals surface area contributed by atoms with Gasteiger partial charge in [0.2, 0.25) is 5.79 Å². The Morgan fingerprint density at radius 3 is 2.89 bits per heavy atom. The van der Waals surface area contributed by atoms with Crippen LogP contribution in [0.5, 0.6) is 0 Å². The van der Waals surface area contributed by atoms with Crippen molar-refractivity contribution in [3.05, 3.63) is 36.0 Å². The molecule has 0 unspecified atom stereocenters. The number of nitrogens with one attached hydrogen (secondary N) is 2. The van der Waals surface area contributed by atoms with Crippen LogP contribution in [0.15, 0.2) is 36.0 Å². The van der Waals surface area contributed by atoms with Gasteiger partial charge in [-0.1, -0.05) is 64.5 Å². The van der Waals surface area contributed by atoms with E-state index in [1.807, 2.05) is 13.0 Å². The van der Waals surface area contributed by atoms with E-state index < -0.39 is 30.0 Å². The molecule has 0 aromatic carbocycles. The molecule has 2 amide bonds. The molecular weight excluding hydrogens is 536 g/mol. The number of fused-ring (bicyclic) bond motifs is 2. The van der Waals surface area contributed by atoms with Crippen molar-refractivity contribution in [3.63, 3.8) is 0 Å². The molecule has 2 fully saturated rings. The van der Waals surface area contributed by atoms with E-state index in [1.54, 1.807) is 0 Å². The number of ether oxygens (including phenoxy) is 3.